The first-order valence-corrected chi connectivity index (χ1v) is 7.73. The summed E-state index contributed by atoms with van der Waals surface area (Å²) in [6, 6.07) is 0. The lowest BCUT2D eigenvalue weighted by Gasteiger charge is -2.40. The van der Waals surface area contributed by atoms with E-state index in [1.54, 1.807) is 0 Å². The molecule has 8 heteroatoms. The lowest BCUT2D eigenvalue weighted by molar-refractivity contribution is -0.301. The monoisotopic (exact) mass is 324 g/mol. The third-order valence-corrected chi connectivity index (χ3v) is 3.65. The van der Waals surface area contributed by atoms with Gasteiger partial charge in [-0.1, -0.05) is 13.8 Å². The summed E-state index contributed by atoms with van der Waals surface area (Å²) in [5.74, 6) is 0. The van der Waals surface area contributed by atoms with Gasteiger partial charge in [-0.25, -0.2) is 0 Å². The molecule has 0 aromatic rings. The molecule has 7 atom stereocenters. The first-order valence-electron chi connectivity index (χ1n) is 7.73. The summed E-state index contributed by atoms with van der Waals surface area (Å²) >= 11 is 0. The average molecular weight is 324 g/mol. The van der Waals surface area contributed by atoms with E-state index in [1.165, 1.54) is 0 Å². The van der Waals surface area contributed by atoms with Gasteiger partial charge >= 0.3 is 0 Å². The Morgan fingerprint density at radius 2 is 1.64 bits per heavy atom. The third-order valence-electron chi connectivity index (χ3n) is 3.65. The van der Waals surface area contributed by atoms with Crippen LogP contribution in [-0.2, 0) is 14.2 Å². The zero-order chi connectivity index (χ0) is 16.7. The predicted octanol–water partition coefficient (Wildman–Crippen LogP) is -1.63. The van der Waals surface area contributed by atoms with Gasteiger partial charge in [0, 0.05) is 12.8 Å². The molecule has 0 aromatic carbocycles. The normalized spacial score (nSPS) is 42.4. The third kappa shape index (κ3) is 5.10. The molecule has 0 saturated carbocycles. The van der Waals surface area contributed by atoms with E-state index in [0.717, 1.165) is 0 Å². The fourth-order valence-corrected chi connectivity index (χ4v) is 2.42. The van der Waals surface area contributed by atoms with Crippen LogP contribution in [0.25, 0.3) is 0 Å². The van der Waals surface area contributed by atoms with Crippen molar-refractivity contribution in [2.24, 2.45) is 0 Å². The molecule has 5 N–H and O–H groups in total. The molecule has 2 saturated heterocycles. The molecule has 5 unspecified atom stereocenters. The van der Waals surface area contributed by atoms with Crippen LogP contribution in [0.5, 0.6) is 0 Å². The molecule has 2 fully saturated rings. The van der Waals surface area contributed by atoms with E-state index >= 15 is 0 Å². The maximum atomic E-state index is 9.84. The van der Waals surface area contributed by atoms with Crippen LogP contribution in [-0.4, -0.2) is 88.3 Å². The predicted molar refractivity (Wildman–Crippen MR) is 76.0 cm³/mol. The Labute approximate surface area is 130 Å². The van der Waals surface area contributed by atoms with Crippen LogP contribution in [0.3, 0.4) is 0 Å². The lowest BCUT2D eigenvalue weighted by Crippen LogP contribution is -2.53. The molecular formula is C14H28O8. The van der Waals surface area contributed by atoms with Crippen LogP contribution in [0.2, 0.25) is 0 Å². The van der Waals surface area contributed by atoms with E-state index in [-0.39, 0.29) is 32.7 Å². The molecule has 0 radical (unpaired) electrons. The van der Waals surface area contributed by atoms with Crippen molar-refractivity contribution in [3.05, 3.63) is 0 Å². The van der Waals surface area contributed by atoms with Crippen LogP contribution in [0.4, 0.5) is 0 Å². The lowest BCUT2D eigenvalue weighted by atomic mass is 10.0. The van der Waals surface area contributed by atoms with Gasteiger partial charge < -0.3 is 39.7 Å². The molecule has 0 bridgehead atoms. The molecule has 22 heavy (non-hydrogen) atoms. The highest BCUT2D eigenvalue weighted by Crippen LogP contribution is 2.26. The molecule has 0 spiro atoms. The van der Waals surface area contributed by atoms with Gasteiger partial charge in [-0.15, -0.1) is 0 Å². The molecule has 0 aliphatic carbocycles. The second kappa shape index (κ2) is 9.74. The Bertz CT molecular complexity index is 303. The number of hydrogen-bond acceptors (Lipinski definition) is 8. The van der Waals surface area contributed by atoms with Gasteiger partial charge in [-0.05, 0) is 0 Å². The Hall–Kier alpha value is -0.320. The van der Waals surface area contributed by atoms with Gasteiger partial charge in [0.15, 0.2) is 6.29 Å². The molecule has 2 rings (SSSR count). The molecule has 2 aliphatic heterocycles. The van der Waals surface area contributed by atoms with Crippen molar-refractivity contribution in [3.8, 4) is 0 Å². The fraction of sp³-hybridized carbons (Fsp3) is 1.00. The molecular weight excluding hydrogens is 296 g/mol. The van der Waals surface area contributed by atoms with Crippen molar-refractivity contribution in [2.75, 3.05) is 19.8 Å². The summed E-state index contributed by atoms with van der Waals surface area (Å²) in [5.41, 5.74) is 0. The molecule has 132 valence electrons. The Morgan fingerprint density at radius 3 is 2.23 bits per heavy atom. The summed E-state index contributed by atoms with van der Waals surface area (Å²) < 4.78 is 16.0. The molecule has 2 aliphatic rings. The zero-order valence-corrected chi connectivity index (χ0v) is 13.0. The van der Waals surface area contributed by atoms with Gasteiger partial charge in [0.1, 0.15) is 18.3 Å². The van der Waals surface area contributed by atoms with E-state index in [2.05, 4.69) is 0 Å². The summed E-state index contributed by atoms with van der Waals surface area (Å²) in [5, 5.41) is 47.4. The topological polar surface area (TPSA) is 129 Å². The van der Waals surface area contributed by atoms with Gasteiger partial charge in [0.25, 0.3) is 0 Å². The second-order valence-electron chi connectivity index (χ2n) is 5.21. The van der Waals surface area contributed by atoms with Crippen molar-refractivity contribution in [3.63, 3.8) is 0 Å². The summed E-state index contributed by atoms with van der Waals surface area (Å²) in [7, 11) is 0. The standard InChI is InChI=1S/C12H22O8.C2H6/c13-3-6-1-10(9(17)5-18-6)19-12-8(16)2-7(15)11(4-14)20-12;1-2/h6-17H,1-5H2;1-2H3/t6?,7-,8?,9?,10?,11?,12-;/m0./s1. The maximum Gasteiger partial charge on any atom is 0.184 e. The smallest absolute Gasteiger partial charge is 0.184 e. The van der Waals surface area contributed by atoms with Gasteiger partial charge in [-0.3, -0.25) is 0 Å². The van der Waals surface area contributed by atoms with E-state index in [1.807, 2.05) is 13.8 Å². The molecule has 0 amide bonds. The van der Waals surface area contributed by atoms with Crippen molar-refractivity contribution >= 4 is 0 Å². The second-order valence-corrected chi connectivity index (χ2v) is 5.21. The van der Waals surface area contributed by atoms with Crippen molar-refractivity contribution in [2.45, 2.75) is 69.6 Å². The van der Waals surface area contributed by atoms with E-state index in [9.17, 15) is 15.3 Å². The minimum absolute atomic E-state index is 0.0264. The Kier molecular flexibility index (Phi) is 8.73. The highest BCUT2D eigenvalue weighted by Gasteiger charge is 2.40. The highest BCUT2D eigenvalue weighted by atomic mass is 16.7. The first kappa shape index (κ1) is 19.7. The quantitative estimate of drug-likeness (QED) is 0.417. The van der Waals surface area contributed by atoms with Crippen molar-refractivity contribution in [1.82, 2.24) is 0 Å². The molecule has 8 nitrogen and oxygen atoms in total. The SMILES string of the molecule is CC.OCC1CC(O[C@H]2OC(CO)[C@@H](O)CC2O)C(O)CO1. The van der Waals surface area contributed by atoms with E-state index in [0.29, 0.717) is 0 Å². The minimum Gasteiger partial charge on any atom is -0.394 e. The highest BCUT2D eigenvalue weighted by molar-refractivity contribution is 4.84. The fourth-order valence-electron chi connectivity index (χ4n) is 2.42. The van der Waals surface area contributed by atoms with Gasteiger partial charge in [0.05, 0.1) is 38.1 Å². The average Bonchev–Trinajstić information content (AvgIpc) is 2.53. The van der Waals surface area contributed by atoms with Gasteiger partial charge in [0.2, 0.25) is 0 Å². The number of aliphatic hydroxyl groups excluding tert-OH is 5. The number of rotatable bonds is 4. The van der Waals surface area contributed by atoms with Crippen LogP contribution >= 0.6 is 0 Å². The molecule has 0 aromatic heterocycles. The van der Waals surface area contributed by atoms with Crippen molar-refractivity contribution in [1.29, 1.82) is 0 Å². The van der Waals surface area contributed by atoms with Crippen LogP contribution in [0.15, 0.2) is 0 Å². The van der Waals surface area contributed by atoms with Crippen LogP contribution in [0, 0.1) is 0 Å². The molecule has 2 heterocycles. The summed E-state index contributed by atoms with van der Waals surface area (Å²) in [6.45, 7) is 3.47. The Balaban J connectivity index is 0.00000116. The van der Waals surface area contributed by atoms with E-state index < -0.39 is 42.9 Å². The maximum absolute atomic E-state index is 9.84. The van der Waals surface area contributed by atoms with Crippen LogP contribution < -0.4 is 0 Å². The van der Waals surface area contributed by atoms with Gasteiger partial charge in [-0.2, -0.15) is 0 Å². The zero-order valence-electron chi connectivity index (χ0n) is 13.0. The van der Waals surface area contributed by atoms with E-state index in [4.69, 9.17) is 24.4 Å². The summed E-state index contributed by atoms with van der Waals surface area (Å²) in [6.07, 6.45) is -5.52. The number of hydrogen-bond donors (Lipinski definition) is 5. The first-order chi connectivity index (χ1) is 10.5. The number of ether oxygens (including phenoxy) is 3. The minimum atomic E-state index is -1.05. The summed E-state index contributed by atoms with van der Waals surface area (Å²) in [4.78, 5) is 0. The van der Waals surface area contributed by atoms with Crippen molar-refractivity contribution < 1.29 is 39.7 Å². The van der Waals surface area contributed by atoms with Crippen LogP contribution in [0.1, 0.15) is 26.7 Å². The number of aliphatic hydroxyl groups is 5. The largest absolute Gasteiger partial charge is 0.394 e. The Morgan fingerprint density at radius 1 is 0.955 bits per heavy atom.